The molecule has 1 heterocycles. The smallest absolute Gasteiger partial charge is 0.416 e. The summed E-state index contributed by atoms with van der Waals surface area (Å²) in [4.78, 5) is 3.85. The number of halogens is 4. The number of alkyl halides is 3. The quantitative estimate of drug-likeness (QED) is 0.863. The van der Waals surface area contributed by atoms with Gasteiger partial charge in [-0.1, -0.05) is 6.07 Å². The van der Waals surface area contributed by atoms with Gasteiger partial charge in [0.1, 0.15) is 12.4 Å². The zero-order valence-corrected chi connectivity index (χ0v) is 10.6. The van der Waals surface area contributed by atoms with Gasteiger partial charge in [0.2, 0.25) is 0 Å². The van der Waals surface area contributed by atoms with Gasteiger partial charge in [-0.2, -0.15) is 13.2 Å². The van der Waals surface area contributed by atoms with E-state index >= 15 is 0 Å². The van der Waals surface area contributed by atoms with Gasteiger partial charge in [0, 0.05) is 12.4 Å². The number of ether oxygens (including phenoxy) is 1. The first kappa shape index (κ1) is 15.4. The minimum absolute atomic E-state index is 0. The molecule has 3 nitrogen and oxygen atoms in total. The van der Waals surface area contributed by atoms with Crippen LogP contribution in [0.2, 0.25) is 0 Å². The molecule has 0 atom stereocenters. The van der Waals surface area contributed by atoms with Gasteiger partial charge < -0.3 is 9.30 Å². The fraction of sp³-hybridized carbons (Fsp3) is 0.250. The summed E-state index contributed by atoms with van der Waals surface area (Å²) in [6.07, 6.45) is 0.666. The van der Waals surface area contributed by atoms with Crippen LogP contribution in [0.1, 0.15) is 5.56 Å². The van der Waals surface area contributed by atoms with E-state index in [0.29, 0.717) is 6.54 Å². The zero-order valence-electron chi connectivity index (χ0n) is 9.80. The summed E-state index contributed by atoms with van der Waals surface area (Å²) in [6, 6.07) is 4.84. The lowest BCUT2D eigenvalue weighted by molar-refractivity contribution is -0.137. The third-order valence-electron chi connectivity index (χ3n) is 2.34. The second-order valence-electron chi connectivity index (χ2n) is 3.67. The number of imidazole rings is 1. The van der Waals surface area contributed by atoms with Crippen molar-refractivity contribution in [1.29, 1.82) is 0 Å². The Balaban J connectivity index is 0.00000180. The van der Waals surface area contributed by atoms with Crippen LogP contribution >= 0.6 is 12.4 Å². The van der Waals surface area contributed by atoms with Gasteiger partial charge in [-0.3, -0.25) is 0 Å². The average molecular weight is 293 g/mol. The molecular formula is C12H12ClF3N2O. The highest BCUT2D eigenvalue weighted by atomic mass is 35.5. The topological polar surface area (TPSA) is 27.1 Å². The molecule has 0 aliphatic rings. The maximum Gasteiger partial charge on any atom is 0.416 e. The van der Waals surface area contributed by atoms with Gasteiger partial charge in [-0.15, -0.1) is 12.4 Å². The summed E-state index contributed by atoms with van der Waals surface area (Å²) >= 11 is 0. The minimum atomic E-state index is -4.34. The molecule has 104 valence electrons. The number of aromatic nitrogens is 2. The number of benzene rings is 1. The van der Waals surface area contributed by atoms with Gasteiger partial charge in [-0.25, -0.2) is 4.98 Å². The standard InChI is InChI=1S/C12H11F3N2O.ClH/c13-12(14,15)10-2-1-3-11(8-10)18-7-6-17-5-4-16-9-17;/h1-5,8-9H,6-7H2;1H. The van der Waals surface area contributed by atoms with Crippen molar-refractivity contribution in [1.82, 2.24) is 9.55 Å². The SMILES string of the molecule is Cl.FC(F)(F)c1cccc(OCCn2ccnc2)c1. The number of hydrogen-bond acceptors (Lipinski definition) is 2. The molecule has 0 aliphatic carbocycles. The van der Waals surface area contributed by atoms with Crippen LogP contribution in [0.5, 0.6) is 5.75 Å². The molecular weight excluding hydrogens is 281 g/mol. The van der Waals surface area contributed by atoms with Crippen LogP contribution in [-0.2, 0) is 12.7 Å². The van der Waals surface area contributed by atoms with Crippen molar-refractivity contribution in [3.8, 4) is 5.75 Å². The van der Waals surface area contributed by atoms with Crippen molar-refractivity contribution in [2.75, 3.05) is 6.61 Å². The number of nitrogens with zero attached hydrogens (tertiary/aromatic N) is 2. The van der Waals surface area contributed by atoms with E-state index in [1.54, 1.807) is 23.3 Å². The van der Waals surface area contributed by atoms with E-state index in [1.807, 2.05) is 0 Å². The molecule has 0 fully saturated rings. The van der Waals surface area contributed by atoms with Crippen LogP contribution in [0.25, 0.3) is 0 Å². The highest BCUT2D eigenvalue weighted by molar-refractivity contribution is 5.85. The second kappa shape index (κ2) is 6.47. The third-order valence-corrected chi connectivity index (χ3v) is 2.34. The Labute approximate surface area is 114 Å². The Hall–Kier alpha value is -1.69. The number of hydrogen-bond donors (Lipinski definition) is 0. The van der Waals surface area contributed by atoms with Gasteiger partial charge in [-0.05, 0) is 18.2 Å². The van der Waals surface area contributed by atoms with Crippen LogP contribution in [-0.4, -0.2) is 16.2 Å². The highest BCUT2D eigenvalue weighted by Crippen LogP contribution is 2.31. The normalized spacial score (nSPS) is 10.9. The Morgan fingerprint density at radius 2 is 2.05 bits per heavy atom. The number of rotatable bonds is 4. The molecule has 0 amide bonds. The van der Waals surface area contributed by atoms with E-state index in [9.17, 15) is 13.2 Å². The van der Waals surface area contributed by atoms with E-state index in [-0.39, 0.29) is 24.8 Å². The van der Waals surface area contributed by atoms with Gasteiger partial charge >= 0.3 is 6.18 Å². The molecule has 0 saturated heterocycles. The molecule has 0 aliphatic heterocycles. The maximum absolute atomic E-state index is 12.4. The van der Waals surface area contributed by atoms with Crippen LogP contribution in [0.15, 0.2) is 43.0 Å². The van der Waals surface area contributed by atoms with Crippen molar-refractivity contribution in [2.45, 2.75) is 12.7 Å². The molecule has 0 saturated carbocycles. The molecule has 0 spiro atoms. The van der Waals surface area contributed by atoms with Crippen molar-refractivity contribution in [3.63, 3.8) is 0 Å². The molecule has 2 rings (SSSR count). The molecule has 0 bridgehead atoms. The third kappa shape index (κ3) is 4.48. The van der Waals surface area contributed by atoms with E-state index in [2.05, 4.69) is 4.98 Å². The van der Waals surface area contributed by atoms with Crippen molar-refractivity contribution >= 4 is 12.4 Å². The largest absolute Gasteiger partial charge is 0.492 e. The molecule has 7 heteroatoms. The monoisotopic (exact) mass is 292 g/mol. The Kier molecular flexibility index (Phi) is 5.23. The van der Waals surface area contributed by atoms with E-state index in [4.69, 9.17) is 4.74 Å². The second-order valence-corrected chi connectivity index (χ2v) is 3.67. The maximum atomic E-state index is 12.4. The lowest BCUT2D eigenvalue weighted by atomic mass is 10.2. The summed E-state index contributed by atoms with van der Waals surface area (Å²) in [5.41, 5.74) is -0.706. The summed E-state index contributed by atoms with van der Waals surface area (Å²) in [5.74, 6) is 0.213. The molecule has 1 aromatic carbocycles. The minimum Gasteiger partial charge on any atom is -0.492 e. The van der Waals surface area contributed by atoms with Crippen molar-refractivity contribution in [3.05, 3.63) is 48.5 Å². The fourth-order valence-corrected chi connectivity index (χ4v) is 1.45. The summed E-state index contributed by atoms with van der Waals surface area (Å²) < 4.78 is 44.4. The molecule has 0 unspecified atom stereocenters. The Morgan fingerprint density at radius 3 is 2.68 bits per heavy atom. The van der Waals surface area contributed by atoms with Gasteiger partial charge in [0.15, 0.2) is 0 Å². The highest BCUT2D eigenvalue weighted by Gasteiger charge is 2.30. The van der Waals surface area contributed by atoms with Crippen LogP contribution in [0.4, 0.5) is 13.2 Å². The molecule has 19 heavy (non-hydrogen) atoms. The Bertz CT molecular complexity index is 500. The lowest BCUT2D eigenvalue weighted by Gasteiger charge is -2.10. The Morgan fingerprint density at radius 1 is 1.26 bits per heavy atom. The fourth-order valence-electron chi connectivity index (χ4n) is 1.45. The summed E-state index contributed by atoms with van der Waals surface area (Å²) in [6.45, 7) is 0.827. The van der Waals surface area contributed by atoms with E-state index in [1.165, 1.54) is 12.1 Å². The van der Waals surface area contributed by atoms with Gasteiger partial charge in [0.05, 0.1) is 18.4 Å². The van der Waals surface area contributed by atoms with Crippen LogP contribution in [0, 0.1) is 0 Å². The van der Waals surface area contributed by atoms with Crippen molar-refractivity contribution in [2.24, 2.45) is 0 Å². The summed E-state index contributed by atoms with van der Waals surface area (Å²) in [5, 5.41) is 0. The van der Waals surface area contributed by atoms with Crippen LogP contribution in [0.3, 0.4) is 0 Å². The zero-order chi connectivity index (χ0) is 13.0. The first-order valence-corrected chi connectivity index (χ1v) is 5.31. The van der Waals surface area contributed by atoms with E-state index < -0.39 is 11.7 Å². The molecule has 0 radical (unpaired) electrons. The van der Waals surface area contributed by atoms with Gasteiger partial charge in [0.25, 0.3) is 0 Å². The van der Waals surface area contributed by atoms with E-state index in [0.717, 1.165) is 12.1 Å². The first-order chi connectivity index (χ1) is 8.55. The molecule has 1 aromatic heterocycles. The first-order valence-electron chi connectivity index (χ1n) is 5.31. The molecule has 0 N–H and O–H groups in total. The average Bonchev–Trinajstić information content (AvgIpc) is 2.81. The predicted molar refractivity (Wildman–Crippen MR) is 66.4 cm³/mol. The summed E-state index contributed by atoms with van der Waals surface area (Å²) in [7, 11) is 0. The van der Waals surface area contributed by atoms with Crippen molar-refractivity contribution < 1.29 is 17.9 Å². The predicted octanol–water partition coefficient (Wildman–Crippen LogP) is 3.40. The van der Waals surface area contributed by atoms with Crippen LogP contribution < -0.4 is 4.74 Å². The lowest BCUT2D eigenvalue weighted by Crippen LogP contribution is -2.08. The molecule has 2 aromatic rings.